The molecule has 24 heavy (non-hydrogen) atoms. The Morgan fingerprint density at radius 3 is 1.88 bits per heavy atom. The van der Waals surface area contributed by atoms with Gasteiger partial charge in [0.1, 0.15) is 0 Å². The van der Waals surface area contributed by atoms with Crippen LogP contribution in [0.3, 0.4) is 0 Å². The lowest BCUT2D eigenvalue weighted by molar-refractivity contribution is -0.234. The van der Waals surface area contributed by atoms with Crippen LogP contribution in [0.5, 0.6) is 0 Å². The zero-order valence-electron chi connectivity index (χ0n) is 14.4. The van der Waals surface area contributed by atoms with Crippen molar-refractivity contribution < 1.29 is 43.9 Å². The van der Waals surface area contributed by atoms with E-state index in [1.807, 2.05) is 0 Å². The molecular formula is C15H26O9. The predicted octanol–water partition coefficient (Wildman–Crippen LogP) is -0.353. The van der Waals surface area contributed by atoms with E-state index < -0.39 is 48.2 Å². The van der Waals surface area contributed by atoms with Crippen LogP contribution in [0.4, 0.5) is 0 Å². The van der Waals surface area contributed by atoms with Crippen molar-refractivity contribution in [2.24, 2.45) is 0 Å². The summed E-state index contributed by atoms with van der Waals surface area (Å²) >= 11 is 0. The zero-order valence-corrected chi connectivity index (χ0v) is 14.4. The SMILES string of the molecule is CCOC(=O)CC(O)(CC(=O)OC(C)C(O)(O)CC)C(=O)OCC. The summed E-state index contributed by atoms with van der Waals surface area (Å²) in [6, 6.07) is 0. The summed E-state index contributed by atoms with van der Waals surface area (Å²) < 4.78 is 14.2. The topological polar surface area (TPSA) is 140 Å². The number of carbonyl (C=O) groups is 3. The molecule has 0 aromatic carbocycles. The molecule has 0 radical (unpaired) electrons. The summed E-state index contributed by atoms with van der Waals surface area (Å²) in [5.41, 5.74) is -2.46. The Kier molecular flexibility index (Phi) is 8.87. The van der Waals surface area contributed by atoms with Crippen molar-refractivity contribution in [3.05, 3.63) is 0 Å². The van der Waals surface area contributed by atoms with Gasteiger partial charge >= 0.3 is 17.9 Å². The Labute approximate surface area is 140 Å². The minimum Gasteiger partial charge on any atom is -0.466 e. The fourth-order valence-corrected chi connectivity index (χ4v) is 1.78. The molecule has 0 aromatic rings. The van der Waals surface area contributed by atoms with Crippen LogP contribution in [0.2, 0.25) is 0 Å². The minimum absolute atomic E-state index is 0.0350. The fourth-order valence-electron chi connectivity index (χ4n) is 1.78. The quantitative estimate of drug-likeness (QED) is 0.274. The lowest BCUT2D eigenvalue weighted by Crippen LogP contribution is -2.47. The standard InChI is InChI=1S/C15H26O9/c1-5-15(20,21)10(4)24-12(17)9-14(19,13(18)23-7-3)8-11(16)22-6-2/h10,19-21H,5-9H2,1-4H3. The molecule has 2 atom stereocenters. The third kappa shape index (κ3) is 6.81. The number of rotatable bonds is 10. The number of hydrogen-bond acceptors (Lipinski definition) is 9. The largest absolute Gasteiger partial charge is 0.466 e. The van der Waals surface area contributed by atoms with E-state index in [4.69, 9.17) is 4.74 Å². The molecule has 0 fully saturated rings. The minimum atomic E-state index is -2.46. The van der Waals surface area contributed by atoms with E-state index in [2.05, 4.69) is 9.47 Å². The summed E-state index contributed by atoms with van der Waals surface area (Å²) in [5, 5.41) is 29.5. The van der Waals surface area contributed by atoms with Crippen LogP contribution in [0.1, 0.15) is 47.0 Å². The van der Waals surface area contributed by atoms with Crippen LogP contribution in [0.15, 0.2) is 0 Å². The molecule has 0 aliphatic heterocycles. The van der Waals surface area contributed by atoms with E-state index in [0.29, 0.717) is 0 Å². The molecule has 2 unspecified atom stereocenters. The van der Waals surface area contributed by atoms with Crippen molar-refractivity contribution in [3.8, 4) is 0 Å². The highest BCUT2D eigenvalue weighted by atomic mass is 16.6. The fraction of sp³-hybridized carbons (Fsp3) is 0.800. The molecule has 0 heterocycles. The van der Waals surface area contributed by atoms with E-state index in [1.54, 1.807) is 6.92 Å². The van der Waals surface area contributed by atoms with E-state index in [1.165, 1.54) is 20.8 Å². The molecule has 0 saturated heterocycles. The normalized spacial score (nSPS) is 15.1. The van der Waals surface area contributed by atoms with E-state index in [0.717, 1.165) is 0 Å². The van der Waals surface area contributed by atoms with E-state index in [-0.39, 0.29) is 19.6 Å². The molecule has 0 bridgehead atoms. The number of ether oxygens (including phenoxy) is 3. The van der Waals surface area contributed by atoms with E-state index in [9.17, 15) is 29.7 Å². The van der Waals surface area contributed by atoms with Crippen LogP contribution in [-0.2, 0) is 28.6 Å². The number of aliphatic hydroxyl groups is 3. The van der Waals surface area contributed by atoms with Gasteiger partial charge in [-0.1, -0.05) is 6.92 Å². The van der Waals surface area contributed by atoms with Gasteiger partial charge in [-0.05, 0) is 20.8 Å². The first-order valence-electron chi connectivity index (χ1n) is 7.71. The van der Waals surface area contributed by atoms with Crippen molar-refractivity contribution >= 4 is 17.9 Å². The zero-order chi connectivity index (χ0) is 19.0. The number of esters is 3. The lowest BCUT2D eigenvalue weighted by Gasteiger charge is -2.29. The molecule has 0 aliphatic rings. The van der Waals surface area contributed by atoms with Gasteiger partial charge in [-0.2, -0.15) is 0 Å². The summed E-state index contributed by atoms with van der Waals surface area (Å²) in [7, 11) is 0. The number of hydrogen-bond donors (Lipinski definition) is 3. The van der Waals surface area contributed by atoms with Gasteiger partial charge in [0.05, 0.1) is 26.1 Å². The molecule has 9 nitrogen and oxygen atoms in total. The predicted molar refractivity (Wildman–Crippen MR) is 80.5 cm³/mol. The average molecular weight is 350 g/mol. The summed E-state index contributed by atoms with van der Waals surface area (Å²) in [4.78, 5) is 35.4. The van der Waals surface area contributed by atoms with Gasteiger partial charge in [-0.3, -0.25) is 9.59 Å². The molecule has 3 N–H and O–H groups in total. The first-order chi connectivity index (χ1) is 11.0. The third-order valence-corrected chi connectivity index (χ3v) is 3.31. The van der Waals surface area contributed by atoms with Crippen molar-refractivity contribution in [2.45, 2.75) is 64.4 Å². The van der Waals surface area contributed by atoms with Crippen molar-refractivity contribution in [3.63, 3.8) is 0 Å². The van der Waals surface area contributed by atoms with Gasteiger partial charge < -0.3 is 29.5 Å². The van der Waals surface area contributed by atoms with Gasteiger partial charge in [0.2, 0.25) is 0 Å². The summed E-state index contributed by atoms with van der Waals surface area (Å²) in [6.07, 6.45) is -3.09. The Hall–Kier alpha value is -1.71. The van der Waals surface area contributed by atoms with Crippen molar-refractivity contribution in [2.75, 3.05) is 13.2 Å². The highest BCUT2D eigenvalue weighted by Crippen LogP contribution is 2.22. The third-order valence-electron chi connectivity index (χ3n) is 3.31. The Morgan fingerprint density at radius 2 is 1.42 bits per heavy atom. The van der Waals surface area contributed by atoms with Crippen molar-refractivity contribution in [1.82, 2.24) is 0 Å². The average Bonchev–Trinajstić information content (AvgIpc) is 2.47. The van der Waals surface area contributed by atoms with Gasteiger partial charge in [0.25, 0.3) is 0 Å². The smallest absolute Gasteiger partial charge is 0.339 e. The van der Waals surface area contributed by atoms with Gasteiger partial charge in [0.15, 0.2) is 17.5 Å². The number of carbonyl (C=O) groups excluding carboxylic acids is 3. The molecule has 9 heteroatoms. The molecule has 0 spiro atoms. The molecule has 0 amide bonds. The van der Waals surface area contributed by atoms with Crippen molar-refractivity contribution in [1.29, 1.82) is 0 Å². The maximum absolute atomic E-state index is 11.9. The highest BCUT2D eigenvalue weighted by Gasteiger charge is 2.44. The molecular weight excluding hydrogens is 324 g/mol. The van der Waals surface area contributed by atoms with Gasteiger partial charge in [-0.25, -0.2) is 4.79 Å². The van der Waals surface area contributed by atoms with Crippen LogP contribution in [0.25, 0.3) is 0 Å². The van der Waals surface area contributed by atoms with Crippen LogP contribution in [0, 0.1) is 0 Å². The highest BCUT2D eigenvalue weighted by molar-refractivity contribution is 5.90. The van der Waals surface area contributed by atoms with Gasteiger partial charge in [-0.15, -0.1) is 0 Å². The first-order valence-corrected chi connectivity index (χ1v) is 7.71. The Bertz CT molecular complexity index is 446. The maximum Gasteiger partial charge on any atom is 0.339 e. The Balaban J connectivity index is 5.08. The second-order valence-corrected chi connectivity index (χ2v) is 5.27. The van der Waals surface area contributed by atoms with Gasteiger partial charge in [0, 0.05) is 6.42 Å². The second kappa shape index (κ2) is 9.55. The molecule has 140 valence electrons. The second-order valence-electron chi connectivity index (χ2n) is 5.27. The van der Waals surface area contributed by atoms with Crippen LogP contribution in [-0.4, -0.2) is 63.9 Å². The Morgan fingerprint density at radius 1 is 0.917 bits per heavy atom. The molecule has 0 rings (SSSR count). The maximum atomic E-state index is 11.9. The summed E-state index contributed by atoms with van der Waals surface area (Å²) in [6.45, 7) is 5.73. The molecule has 0 aliphatic carbocycles. The molecule has 0 saturated carbocycles. The van der Waals surface area contributed by atoms with E-state index >= 15 is 0 Å². The lowest BCUT2D eigenvalue weighted by atomic mass is 9.95. The molecule has 0 aromatic heterocycles. The van der Waals surface area contributed by atoms with Crippen LogP contribution >= 0.6 is 0 Å². The summed E-state index contributed by atoms with van der Waals surface area (Å²) in [5.74, 6) is -5.40. The van der Waals surface area contributed by atoms with Crippen LogP contribution < -0.4 is 0 Å². The monoisotopic (exact) mass is 350 g/mol. The first kappa shape index (κ1) is 22.3.